The first kappa shape index (κ1) is 8.78. The zero-order chi connectivity index (χ0) is 9.76. The van der Waals surface area contributed by atoms with E-state index in [1.807, 2.05) is 0 Å². The molecule has 0 N–H and O–H groups in total. The Kier molecular flexibility index (Phi) is 1.73. The summed E-state index contributed by atoms with van der Waals surface area (Å²) in [5, 5.41) is 0. The third kappa shape index (κ3) is 1.07. The number of hydrogen-bond donors (Lipinski definition) is 0. The Morgan fingerprint density at radius 2 is 2.21 bits per heavy atom. The van der Waals surface area contributed by atoms with Gasteiger partial charge in [-0.2, -0.15) is 0 Å². The molecule has 1 aliphatic heterocycles. The van der Waals surface area contributed by atoms with E-state index < -0.39 is 0 Å². The SMILES string of the molecule is C[C@]12C[C@H]1CCN2c1ccccc1Br. The standard InChI is InChI=1S/C12H14BrN/c1-12-8-9(12)6-7-14(12)11-5-3-2-4-10(11)13/h2-5,9H,6-8H2,1H3/t9-,12+/m1/s1. The molecular formula is C12H14BrN. The Morgan fingerprint density at radius 3 is 2.79 bits per heavy atom. The summed E-state index contributed by atoms with van der Waals surface area (Å²) < 4.78 is 1.23. The van der Waals surface area contributed by atoms with E-state index in [-0.39, 0.29) is 0 Å². The average Bonchev–Trinajstić information content (AvgIpc) is 2.72. The van der Waals surface area contributed by atoms with E-state index in [2.05, 4.69) is 52.0 Å². The first-order chi connectivity index (χ1) is 6.72. The van der Waals surface area contributed by atoms with E-state index in [1.165, 1.54) is 29.5 Å². The zero-order valence-electron chi connectivity index (χ0n) is 8.33. The molecule has 0 amide bonds. The highest BCUT2D eigenvalue weighted by molar-refractivity contribution is 9.10. The molecule has 1 aromatic carbocycles. The summed E-state index contributed by atoms with van der Waals surface area (Å²) in [5.74, 6) is 0.953. The second-order valence-corrected chi connectivity index (χ2v) is 5.50. The quantitative estimate of drug-likeness (QED) is 0.740. The van der Waals surface area contributed by atoms with Gasteiger partial charge in [-0.05, 0) is 53.7 Å². The van der Waals surface area contributed by atoms with Crippen LogP contribution in [0.4, 0.5) is 5.69 Å². The molecular weight excluding hydrogens is 238 g/mol. The van der Waals surface area contributed by atoms with E-state index in [0.717, 1.165) is 5.92 Å². The van der Waals surface area contributed by atoms with Crippen LogP contribution in [-0.4, -0.2) is 12.1 Å². The van der Waals surface area contributed by atoms with Crippen molar-refractivity contribution in [1.29, 1.82) is 0 Å². The van der Waals surface area contributed by atoms with Gasteiger partial charge in [-0.1, -0.05) is 12.1 Å². The van der Waals surface area contributed by atoms with Gasteiger partial charge in [0.2, 0.25) is 0 Å². The fourth-order valence-corrected chi connectivity index (χ4v) is 3.29. The number of para-hydroxylation sites is 1. The molecule has 1 saturated heterocycles. The molecule has 2 aliphatic rings. The molecule has 1 heterocycles. The zero-order valence-corrected chi connectivity index (χ0v) is 9.92. The lowest BCUT2D eigenvalue weighted by Gasteiger charge is -2.28. The number of fused-ring (bicyclic) bond motifs is 1. The van der Waals surface area contributed by atoms with Crippen molar-refractivity contribution in [1.82, 2.24) is 0 Å². The number of rotatable bonds is 1. The van der Waals surface area contributed by atoms with Crippen molar-refractivity contribution < 1.29 is 0 Å². The maximum absolute atomic E-state index is 3.63. The van der Waals surface area contributed by atoms with Crippen LogP contribution in [0, 0.1) is 5.92 Å². The number of nitrogens with zero attached hydrogens (tertiary/aromatic N) is 1. The normalized spacial score (nSPS) is 34.4. The van der Waals surface area contributed by atoms with Crippen LogP contribution in [0.15, 0.2) is 28.7 Å². The van der Waals surface area contributed by atoms with Gasteiger partial charge in [-0.15, -0.1) is 0 Å². The molecule has 0 bridgehead atoms. The maximum atomic E-state index is 3.63. The molecule has 1 aliphatic carbocycles. The van der Waals surface area contributed by atoms with Gasteiger partial charge in [0.15, 0.2) is 0 Å². The van der Waals surface area contributed by atoms with Gasteiger partial charge in [0.1, 0.15) is 0 Å². The molecule has 3 rings (SSSR count). The largest absolute Gasteiger partial charge is 0.365 e. The number of benzene rings is 1. The summed E-state index contributed by atoms with van der Waals surface area (Å²) in [6, 6.07) is 8.56. The minimum atomic E-state index is 0.476. The van der Waals surface area contributed by atoms with Crippen LogP contribution in [0.5, 0.6) is 0 Å². The molecule has 2 fully saturated rings. The summed E-state index contributed by atoms with van der Waals surface area (Å²) in [6.07, 6.45) is 2.76. The minimum absolute atomic E-state index is 0.476. The van der Waals surface area contributed by atoms with Gasteiger partial charge in [-0.3, -0.25) is 0 Å². The van der Waals surface area contributed by atoms with Crippen LogP contribution in [0.3, 0.4) is 0 Å². The summed E-state index contributed by atoms with van der Waals surface area (Å²) in [7, 11) is 0. The predicted octanol–water partition coefficient (Wildman–Crippen LogP) is 3.44. The van der Waals surface area contributed by atoms with Crippen LogP contribution >= 0.6 is 15.9 Å². The average molecular weight is 252 g/mol. The Bertz CT molecular complexity index is 374. The van der Waals surface area contributed by atoms with Gasteiger partial charge in [0.25, 0.3) is 0 Å². The third-order valence-corrected chi connectivity index (χ3v) is 4.51. The Labute approximate surface area is 93.2 Å². The van der Waals surface area contributed by atoms with Crippen molar-refractivity contribution >= 4 is 21.6 Å². The van der Waals surface area contributed by atoms with Crippen molar-refractivity contribution in [2.45, 2.75) is 25.3 Å². The summed E-state index contributed by atoms with van der Waals surface area (Å²) >= 11 is 3.63. The fraction of sp³-hybridized carbons (Fsp3) is 0.500. The minimum Gasteiger partial charge on any atom is -0.365 e. The van der Waals surface area contributed by atoms with Crippen LogP contribution in [-0.2, 0) is 0 Å². The topological polar surface area (TPSA) is 3.24 Å². The van der Waals surface area contributed by atoms with Gasteiger partial charge in [0, 0.05) is 16.6 Å². The fourth-order valence-electron chi connectivity index (χ4n) is 2.79. The monoisotopic (exact) mass is 251 g/mol. The lowest BCUT2D eigenvalue weighted by molar-refractivity contribution is 0.687. The van der Waals surface area contributed by atoms with Crippen molar-refractivity contribution in [3.63, 3.8) is 0 Å². The van der Waals surface area contributed by atoms with Crippen molar-refractivity contribution in [3.8, 4) is 0 Å². The molecule has 2 atom stereocenters. The van der Waals surface area contributed by atoms with E-state index in [1.54, 1.807) is 0 Å². The molecule has 1 aromatic rings. The first-order valence-electron chi connectivity index (χ1n) is 5.24. The molecule has 14 heavy (non-hydrogen) atoms. The molecule has 0 spiro atoms. The second-order valence-electron chi connectivity index (χ2n) is 4.65. The Balaban J connectivity index is 2.00. The van der Waals surface area contributed by atoms with Gasteiger partial charge >= 0.3 is 0 Å². The maximum Gasteiger partial charge on any atom is 0.0515 e. The Hall–Kier alpha value is -0.500. The molecule has 0 radical (unpaired) electrons. The van der Waals surface area contributed by atoms with Gasteiger partial charge in [0.05, 0.1) is 5.69 Å². The van der Waals surface area contributed by atoms with Crippen molar-refractivity contribution in [2.24, 2.45) is 5.92 Å². The third-order valence-electron chi connectivity index (χ3n) is 3.84. The highest BCUT2D eigenvalue weighted by atomic mass is 79.9. The highest BCUT2D eigenvalue weighted by Gasteiger charge is 2.58. The highest BCUT2D eigenvalue weighted by Crippen LogP contribution is 2.57. The van der Waals surface area contributed by atoms with Crippen molar-refractivity contribution in [3.05, 3.63) is 28.7 Å². The number of halogens is 1. The molecule has 1 saturated carbocycles. The van der Waals surface area contributed by atoms with Gasteiger partial charge in [-0.25, -0.2) is 0 Å². The van der Waals surface area contributed by atoms with E-state index in [9.17, 15) is 0 Å². The van der Waals surface area contributed by atoms with E-state index in [4.69, 9.17) is 0 Å². The lowest BCUT2D eigenvalue weighted by Crippen LogP contribution is -2.32. The number of anilines is 1. The molecule has 2 heteroatoms. The first-order valence-corrected chi connectivity index (χ1v) is 6.03. The molecule has 0 unspecified atom stereocenters. The Morgan fingerprint density at radius 1 is 1.43 bits per heavy atom. The van der Waals surface area contributed by atoms with Crippen LogP contribution in [0.2, 0.25) is 0 Å². The van der Waals surface area contributed by atoms with Crippen LogP contribution in [0.25, 0.3) is 0 Å². The second kappa shape index (κ2) is 2.75. The summed E-state index contributed by atoms with van der Waals surface area (Å²) in [6.45, 7) is 3.62. The lowest BCUT2D eigenvalue weighted by atomic mass is 10.2. The summed E-state index contributed by atoms with van der Waals surface area (Å²) in [4.78, 5) is 2.57. The molecule has 1 nitrogen and oxygen atoms in total. The van der Waals surface area contributed by atoms with Crippen LogP contribution in [0.1, 0.15) is 19.8 Å². The predicted molar refractivity (Wildman–Crippen MR) is 62.6 cm³/mol. The van der Waals surface area contributed by atoms with Gasteiger partial charge < -0.3 is 4.90 Å². The smallest absolute Gasteiger partial charge is 0.0515 e. The van der Waals surface area contributed by atoms with E-state index in [0.29, 0.717) is 5.54 Å². The van der Waals surface area contributed by atoms with Crippen molar-refractivity contribution in [2.75, 3.05) is 11.4 Å². The van der Waals surface area contributed by atoms with E-state index >= 15 is 0 Å². The number of hydrogen-bond acceptors (Lipinski definition) is 1. The number of piperidine rings is 1. The van der Waals surface area contributed by atoms with Crippen LogP contribution < -0.4 is 4.90 Å². The molecule has 0 aromatic heterocycles. The molecule has 74 valence electrons. The summed E-state index contributed by atoms with van der Waals surface area (Å²) in [5.41, 5.74) is 1.85.